The summed E-state index contributed by atoms with van der Waals surface area (Å²) in [6.07, 6.45) is 1.66. The number of aliphatic imine (C=N–C) groups is 1. The normalized spacial score (nSPS) is 12.6. The van der Waals surface area contributed by atoms with Crippen LogP contribution in [0.3, 0.4) is 0 Å². The predicted molar refractivity (Wildman–Crippen MR) is 156 cm³/mol. The minimum atomic E-state index is -0.621. The van der Waals surface area contributed by atoms with Gasteiger partial charge in [0, 0.05) is 48.8 Å². The number of hydrogen-bond donors (Lipinski definition) is 2. The molecule has 0 aliphatic heterocycles. The number of anilines is 2. The van der Waals surface area contributed by atoms with Gasteiger partial charge in [-0.1, -0.05) is 30.3 Å². The zero-order valence-electron chi connectivity index (χ0n) is 22.6. The maximum Gasteiger partial charge on any atom is 0.340 e. The van der Waals surface area contributed by atoms with Crippen LogP contribution in [-0.2, 0) is 4.74 Å². The van der Waals surface area contributed by atoms with Gasteiger partial charge in [-0.3, -0.25) is 9.79 Å². The zero-order valence-corrected chi connectivity index (χ0v) is 22.6. The van der Waals surface area contributed by atoms with Gasteiger partial charge in [0.15, 0.2) is 5.43 Å². The molecule has 1 aromatic heterocycles. The molecule has 7 heteroatoms. The van der Waals surface area contributed by atoms with Crippen LogP contribution in [0, 0.1) is 6.92 Å². The summed E-state index contributed by atoms with van der Waals surface area (Å²) in [5.41, 5.74) is 10.5. The number of nitrogen functional groups attached to an aromatic ring is 1. The third-order valence-corrected chi connectivity index (χ3v) is 6.05. The fourth-order valence-electron chi connectivity index (χ4n) is 4.39. The first-order chi connectivity index (χ1) is 18.0. The maximum absolute atomic E-state index is 13.3. The van der Waals surface area contributed by atoms with E-state index in [2.05, 4.69) is 10.3 Å². The van der Waals surface area contributed by atoms with E-state index in [1.807, 2.05) is 71.0 Å². The fraction of sp³-hybridized carbons (Fsp3) is 0.258. The van der Waals surface area contributed by atoms with E-state index >= 15 is 0 Å². The monoisotopic (exact) mass is 513 g/mol. The van der Waals surface area contributed by atoms with Gasteiger partial charge in [0.05, 0.1) is 17.0 Å². The zero-order chi connectivity index (χ0) is 27.6. The second-order valence-electron chi connectivity index (χ2n) is 10.3. The van der Waals surface area contributed by atoms with E-state index in [1.54, 1.807) is 31.5 Å². The molecule has 1 atom stereocenters. The van der Waals surface area contributed by atoms with E-state index in [4.69, 9.17) is 14.9 Å². The van der Waals surface area contributed by atoms with Gasteiger partial charge in [-0.2, -0.15) is 0 Å². The Morgan fingerprint density at radius 2 is 1.87 bits per heavy atom. The number of aryl methyl sites for hydroxylation is 1. The summed E-state index contributed by atoms with van der Waals surface area (Å²) in [6.45, 7) is 9.40. The summed E-state index contributed by atoms with van der Waals surface area (Å²) in [5.74, 6) is -0.0151. The van der Waals surface area contributed by atoms with Crippen LogP contribution >= 0.6 is 0 Å². The van der Waals surface area contributed by atoms with E-state index < -0.39 is 11.6 Å². The molecule has 4 aromatic rings. The van der Waals surface area contributed by atoms with Crippen molar-refractivity contribution in [1.29, 1.82) is 0 Å². The van der Waals surface area contributed by atoms with Gasteiger partial charge >= 0.3 is 5.97 Å². The third-order valence-electron chi connectivity index (χ3n) is 6.05. The first-order valence-electron chi connectivity index (χ1n) is 12.5. The molecule has 0 amide bonds. The molecule has 7 nitrogen and oxygen atoms in total. The number of nitrogens with one attached hydrogen (secondary N) is 1. The van der Waals surface area contributed by atoms with Gasteiger partial charge in [-0.05, 0) is 64.4 Å². The Balaban J connectivity index is 0.00000420. The Morgan fingerprint density at radius 3 is 2.58 bits per heavy atom. The lowest BCUT2D eigenvalue weighted by Crippen LogP contribution is -2.24. The number of esters is 1. The average molecular weight is 514 g/mol. The van der Waals surface area contributed by atoms with Crippen molar-refractivity contribution in [3.8, 4) is 11.3 Å². The molecule has 38 heavy (non-hydrogen) atoms. The van der Waals surface area contributed by atoms with Gasteiger partial charge < -0.3 is 20.2 Å². The Hall–Kier alpha value is -4.39. The number of benzene rings is 3. The summed E-state index contributed by atoms with van der Waals surface area (Å²) in [4.78, 5) is 30.3. The Bertz CT molecular complexity index is 1600. The summed E-state index contributed by atoms with van der Waals surface area (Å²) < 4.78 is 12.0. The minimum Gasteiger partial charge on any atom is -0.456 e. The minimum absolute atomic E-state index is 0. The van der Waals surface area contributed by atoms with Crippen molar-refractivity contribution in [2.75, 3.05) is 18.1 Å². The van der Waals surface area contributed by atoms with Gasteiger partial charge in [-0.25, -0.2) is 4.79 Å². The third kappa shape index (κ3) is 5.62. The molecular weight excluding hydrogens is 478 g/mol. The number of fused-ring (bicyclic) bond motifs is 1. The second-order valence-corrected chi connectivity index (χ2v) is 10.3. The summed E-state index contributed by atoms with van der Waals surface area (Å²) in [6, 6.07) is 17.6. The Labute approximate surface area is 223 Å². The molecule has 0 fully saturated rings. The summed E-state index contributed by atoms with van der Waals surface area (Å²) in [5, 5.41) is 3.91. The highest BCUT2D eigenvalue weighted by molar-refractivity contribution is 5.97. The number of nitrogens with zero attached hydrogens (tertiary/aromatic N) is 1. The highest BCUT2D eigenvalue weighted by Crippen LogP contribution is 2.33. The lowest BCUT2D eigenvalue weighted by atomic mass is 9.99. The molecule has 4 rings (SSSR count). The summed E-state index contributed by atoms with van der Waals surface area (Å²) in [7, 11) is 1.66. The molecule has 0 aliphatic rings. The quantitative estimate of drug-likeness (QED) is 0.167. The van der Waals surface area contributed by atoms with E-state index in [-0.39, 0.29) is 12.9 Å². The molecule has 0 saturated carbocycles. The van der Waals surface area contributed by atoms with Crippen LogP contribution < -0.4 is 16.5 Å². The number of ether oxygens (including phenoxy) is 1. The Morgan fingerprint density at radius 1 is 1.13 bits per heavy atom. The molecule has 0 bridgehead atoms. The molecule has 1 unspecified atom stereocenters. The standard InChI is InChI=1S/C31H33N3O4.H2/c1-18-14-22(19(2)34-26-13-8-7-10-21(26)30(36)38-31(3,4)5)29-23(15-18)27(35)16-28(37-29)20-11-9-12-25(32)24(20)17-33-6;/h7-17,19,34H,32H2,1-6H3;1H. The van der Waals surface area contributed by atoms with Crippen molar-refractivity contribution >= 4 is 34.5 Å². The molecule has 3 aromatic carbocycles. The average Bonchev–Trinajstić information content (AvgIpc) is 2.84. The van der Waals surface area contributed by atoms with Gasteiger partial charge in [-0.15, -0.1) is 0 Å². The van der Waals surface area contributed by atoms with E-state index in [1.165, 1.54) is 6.07 Å². The van der Waals surface area contributed by atoms with Crippen LogP contribution in [0.1, 0.15) is 62.2 Å². The lowest BCUT2D eigenvalue weighted by Gasteiger charge is -2.23. The van der Waals surface area contributed by atoms with Crippen LogP contribution in [0.2, 0.25) is 0 Å². The fourth-order valence-corrected chi connectivity index (χ4v) is 4.39. The van der Waals surface area contributed by atoms with E-state index in [9.17, 15) is 9.59 Å². The summed E-state index contributed by atoms with van der Waals surface area (Å²) >= 11 is 0. The smallest absolute Gasteiger partial charge is 0.340 e. The highest BCUT2D eigenvalue weighted by atomic mass is 16.6. The first kappa shape index (κ1) is 26.7. The molecular formula is C31H35N3O4. The van der Waals surface area contributed by atoms with Gasteiger partial charge in [0.1, 0.15) is 16.9 Å². The van der Waals surface area contributed by atoms with Crippen molar-refractivity contribution < 1.29 is 15.4 Å². The molecule has 0 radical (unpaired) electrons. The van der Waals surface area contributed by atoms with Crippen LogP contribution in [0.5, 0.6) is 0 Å². The topological polar surface area (TPSA) is 107 Å². The van der Waals surface area contributed by atoms with Gasteiger partial charge in [0.25, 0.3) is 0 Å². The van der Waals surface area contributed by atoms with Crippen molar-refractivity contribution in [3.05, 3.63) is 93.1 Å². The predicted octanol–water partition coefficient (Wildman–Crippen LogP) is 6.77. The van der Waals surface area contributed by atoms with Crippen LogP contribution in [0.4, 0.5) is 11.4 Å². The number of hydrogen-bond acceptors (Lipinski definition) is 7. The highest BCUT2D eigenvalue weighted by Gasteiger charge is 2.22. The number of carbonyl (C=O) groups is 1. The molecule has 3 N–H and O–H groups in total. The SMILES string of the molecule is CN=Cc1c(N)cccc1-c1cc(=O)c2cc(C)cc(C(C)Nc3ccccc3C(=O)OC(C)(C)C)c2o1.[HH]. The number of nitrogens with two attached hydrogens (primary N) is 1. The molecule has 198 valence electrons. The molecule has 0 aliphatic carbocycles. The van der Waals surface area contributed by atoms with Crippen molar-refractivity contribution in [1.82, 2.24) is 0 Å². The number of carbonyl (C=O) groups excluding carboxylic acids is 1. The Kier molecular flexibility index (Phi) is 7.39. The van der Waals surface area contributed by atoms with Crippen LogP contribution in [0.15, 0.2) is 74.9 Å². The first-order valence-corrected chi connectivity index (χ1v) is 12.5. The molecule has 0 saturated heterocycles. The lowest BCUT2D eigenvalue weighted by molar-refractivity contribution is 0.00706. The maximum atomic E-state index is 13.3. The van der Waals surface area contributed by atoms with Crippen LogP contribution in [0.25, 0.3) is 22.3 Å². The second kappa shape index (κ2) is 10.5. The van der Waals surface area contributed by atoms with E-state index in [0.29, 0.717) is 44.8 Å². The number of rotatable bonds is 6. The number of para-hydroxylation sites is 1. The van der Waals surface area contributed by atoms with E-state index in [0.717, 1.165) is 11.1 Å². The van der Waals surface area contributed by atoms with Crippen molar-refractivity contribution in [2.45, 2.75) is 46.3 Å². The van der Waals surface area contributed by atoms with Crippen molar-refractivity contribution in [2.24, 2.45) is 4.99 Å². The molecule has 1 heterocycles. The van der Waals surface area contributed by atoms with Gasteiger partial charge in [0.2, 0.25) is 0 Å². The van der Waals surface area contributed by atoms with Crippen molar-refractivity contribution in [3.63, 3.8) is 0 Å². The molecule has 0 spiro atoms. The van der Waals surface area contributed by atoms with Crippen LogP contribution in [-0.4, -0.2) is 24.8 Å². The largest absolute Gasteiger partial charge is 0.456 e.